The first-order valence-corrected chi connectivity index (χ1v) is 11.1. The predicted octanol–water partition coefficient (Wildman–Crippen LogP) is 3.47. The molecule has 0 spiro atoms. The summed E-state index contributed by atoms with van der Waals surface area (Å²) < 4.78 is 16.0. The zero-order valence-electron chi connectivity index (χ0n) is 18.4. The number of nitrogens with two attached hydrogens (primary N) is 1. The van der Waals surface area contributed by atoms with Gasteiger partial charge in [-0.3, -0.25) is 9.59 Å². The number of anilines is 1. The molecule has 2 amide bonds. The van der Waals surface area contributed by atoms with Gasteiger partial charge in [0.05, 0.1) is 19.9 Å². The minimum absolute atomic E-state index is 0.121. The molecule has 0 fully saturated rings. The van der Waals surface area contributed by atoms with Crippen LogP contribution in [0.2, 0.25) is 0 Å². The van der Waals surface area contributed by atoms with Crippen LogP contribution in [0.3, 0.4) is 0 Å². The molecule has 10 heteroatoms. The van der Waals surface area contributed by atoms with Gasteiger partial charge in [0.25, 0.3) is 5.91 Å². The highest BCUT2D eigenvalue weighted by Crippen LogP contribution is 2.50. The van der Waals surface area contributed by atoms with Crippen LogP contribution in [-0.2, 0) is 9.59 Å². The number of hydrogen-bond acceptors (Lipinski definition) is 7. The smallest absolute Gasteiger partial charge is 0.346 e. The van der Waals surface area contributed by atoms with Gasteiger partial charge in [-0.25, -0.2) is 4.79 Å². The Hall–Kier alpha value is -4.05. The number of amides is 2. The van der Waals surface area contributed by atoms with Crippen molar-refractivity contribution < 1.29 is 33.7 Å². The van der Waals surface area contributed by atoms with Gasteiger partial charge in [-0.15, -0.1) is 11.3 Å². The van der Waals surface area contributed by atoms with E-state index in [0.29, 0.717) is 38.9 Å². The molecule has 1 aromatic heterocycles. The van der Waals surface area contributed by atoms with Crippen molar-refractivity contribution >= 4 is 34.8 Å². The molecule has 1 aliphatic rings. The first kappa shape index (κ1) is 23.1. The minimum atomic E-state index is -1.08. The zero-order chi connectivity index (χ0) is 24.4. The van der Waals surface area contributed by atoms with E-state index in [9.17, 15) is 19.5 Å². The number of nitrogens with one attached hydrogen (secondary N) is 1. The van der Waals surface area contributed by atoms with Crippen LogP contribution >= 0.6 is 11.3 Å². The van der Waals surface area contributed by atoms with Crippen LogP contribution in [0.25, 0.3) is 11.1 Å². The van der Waals surface area contributed by atoms with Crippen LogP contribution in [-0.4, -0.2) is 43.7 Å². The van der Waals surface area contributed by atoms with E-state index < -0.39 is 17.8 Å². The summed E-state index contributed by atoms with van der Waals surface area (Å²) in [5.74, 6) is -1.04. The van der Waals surface area contributed by atoms with Crippen molar-refractivity contribution in [3.8, 4) is 28.4 Å². The third-order valence-electron chi connectivity index (χ3n) is 5.44. The average Bonchev–Trinajstić information content (AvgIpc) is 3.21. The summed E-state index contributed by atoms with van der Waals surface area (Å²) in [7, 11) is 3.02. The van der Waals surface area contributed by atoms with Gasteiger partial charge in [-0.1, -0.05) is 18.2 Å². The molecule has 2 heterocycles. The molecule has 4 N–H and O–H groups in total. The molecule has 0 radical (unpaired) electrons. The molecule has 176 valence electrons. The van der Waals surface area contributed by atoms with Crippen LogP contribution in [0.1, 0.15) is 32.5 Å². The molecule has 0 bridgehead atoms. The highest BCUT2D eigenvalue weighted by atomic mass is 32.1. The SMILES string of the molecule is COc1ccc(-c2c(C(=O)O)sc3c2NC(=O)CC3c2ccc(OC)c(OCC(N)=O)c2)cc1. The number of aromatic carboxylic acids is 1. The Morgan fingerprint density at radius 3 is 2.47 bits per heavy atom. The summed E-state index contributed by atoms with van der Waals surface area (Å²) in [5.41, 5.74) is 7.49. The number of hydrogen-bond donors (Lipinski definition) is 3. The lowest BCUT2D eigenvalue weighted by atomic mass is 9.88. The molecule has 0 saturated heterocycles. The fourth-order valence-corrected chi connectivity index (χ4v) is 5.16. The van der Waals surface area contributed by atoms with Gasteiger partial charge < -0.3 is 30.4 Å². The maximum Gasteiger partial charge on any atom is 0.346 e. The summed E-state index contributed by atoms with van der Waals surface area (Å²) >= 11 is 1.12. The lowest BCUT2D eigenvalue weighted by Gasteiger charge is -2.24. The molecule has 1 unspecified atom stereocenters. The second-order valence-electron chi connectivity index (χ2n) is 7.55. The second-order valence-corrected chi connectivity index (χ2v) is 8.60. The summed E-state index contributed by atoms with van der Waals surface area (Å²) in [5, 5.41) is 12.8. The summed E-state index contributed by atoms with van der Waals surface area (Å²) in [6, 6.07) is 12.1. The molecule has 0 aliphatic carbocycles. The number of carbonyl (C=O) groups excluding carboxylic acids is 2. The predicted molar refractivity (Wildman–Crippen MR) is 126 cm³/mol. The fraction of sp³-hybridized carbons (Fsp3) is 0.208. The van der Waals surface area contributed by atoms with Gasteiger partial charge in [0.2, 0.25) is 5.91 Å². The number of ether oxygens (including phenoxy) is 3. The molecule has 34 heavy (non-hydrogen) atoms. The number of fused-ring (bicyclic) bond motifs is 1. The monoisotopic (exact) mass is 482 g/mol. The van der Waals surface area contributed by atoms with E-state index in [4.69, 9.17) is 19.9 Å². The third-order valence-corrected chi connectivity index (χ3v) is 6.73. The van der Waals surface area contributed by atoms with Crippen molar-refractivity contribution in [1.29, 1.82) is 0 Å². The quantitative estimate of drug-likeness (QED) is 0.447. The minimum Gasteiger partial charge on any atom is -0.497 e. The Morgan fingerprint density at radius 2 is 1.85 bits per heavy atom. The van der Waals surface area contributed by atoms with E-state index in [1.165, 1.54) is 7.11 Å². The Morgan fingerprint density at radius 1 is 1.12 bits per heavy atom. The second kappa shape index (κ2) is 9.44. The lowest BCUT2D eigenvalue weighted by Crippen LogP contribution is -2.23. The molecule has 4 rings (SSSR count). The van der Waals surface area contributed by atoms with Crippen molar-refractivity contribution in [1.82, 2.24) is 0 Å². The number of methoxy groups -OCH3 is 2. The summed E-state index contributed by atoms with van der Waals surface area (Å²) in [6.45, 7) is -0.333. The number of primary amides is 1. The van der Waals surface area contributed by atoms with Gasteiger partial charge in [-0.2, -0.15) is 0 Å². The van der Waals surface area contributed by atoms with Gasteiger partial charge in [0.15, 0.2) is 18.1 Å². The Bertz CT molecular complexity index is 1270. The van der Waals surface area contributed by atoms with Gasteiger partial charge in [-0.05, 0) is 35.4 Å². The van der Waals surface area contributed by atoms with Crippen LogP contribution in [0, 0.1) is 0 Å². The Labute approximate surface area is 199 Å². The van der Waals surface area contributed by atoms with E-state index >= 15 is 0 Å². The Kier molecular flexibility index (Phi) is 6.42. The molecule has 2 aromatic carbocycles. The van der Waals surface area contributed by atoms with Crippen LogP contribution in [0.15, 0.2) is 42.5 Å². The van der Waals surface area contributed by atoms with E-state index in [-0.39, 0.29) is 23.8 Å². The van der Waals surface area contributed by atoms with Gasteiger partial charge >= 0.3 is 5.97 Å². The summed E-state index contributed by atoms with van der Waals surface area (Å²) in [4.78, 5) is 36.9. The highest BCUT2D eigenvalue weighted by molar-refractivity contribution is 7.15. The standard InChI is InChI=1S/C24H22N2O7S/c1-31-14-6-3-12(4-7-14)20-21-22(34-23(20)24(29)30)15(10-19(28)26-21)13-5-8-16(32-2)17(9-13)33-11-18(25)27/h3-9,15H,10-11H2,1-2H3,(H2,25,27)(H,26,28)(H,29,30). The maximum atomic E-state index is 12.7. The lowest BCUT2D eigenvalue weighted by molar-refractivity contribution is -0.120. The van der Waals surface area contributed by atoms with Crippen molar-refractivity contribution in [3.05, 3.63) is 57.8 Å². The van der Waals surface area contributed by atoms with Gasteiger partial charge in [0.1, 0.15) is 10.6 Å². The molecule has 0 saturated carbocycles. The van der Waals surface area contributed by atoms with E-state index in [1.54, 1.807) is 49.6 Å². The number of carbonyl (C=O) groups is 3. The van der Waals surface area contributed by atoms with Crippen molar-refractivity contribution in [2.45, 2.75) is 12.3 Å². The number of benzene rings is 2. The van der Waals surface area contributed by atoms with E-state index in [0.717, 1.165) is 16.9 Å². The third kappa shape index (κ3) is 4.40. The first-order valence-electron chi connectivity index (χ1n) is 10.3. The molecule has 3 aromatic rings. The van der Waals surface area contributed by atoms with Crippen LogP contribution in [0.4, 0.5) is 5.69 Å². The summed E-state index contributed by atoms with van der Waals surface area (Å²) in [6.07, 6.45) is 0.121. The average molecular weight is 483 g/mol. The molecular weight excluding hydrogens is 460 g/mol. The van der Waals surface area contributed by atoms with E-state index in [1.807, 2.05) is 0 Å². The molecule has 1 aliphatic heterocycles. The number of carboxylic acids is 1. The normalized spacial score (nSPS) is 14.6. The van der Waals surface area contributed by atoms with Crippen molar-refractivity contribution in [2.24, 2.45) is 5.73 Å². The molecule has 1 atom stereocenters. The van der Waals surface area contributed by atoms with Crippen LogP contribution in [0.5, 0.6) is 17.2 Å². The zero-order valence-corrected chi connectivity index (χ0v) is 19.2. The maximum absolute atomic E-state index is 12.7. The number of thiophene rings is 1. The van der Waals surface area contributed by atoms with Crippen molar-refractivity contribution in [3.63, 3.8) is 0 Å². The first-order chi connectivity index (χ1) is 16.3. The van der Waals surface area contributed by atoms with Crippen LogP contribution < -0.4 is 25.3 Å². The number of rotatable bonds is 8. The molecule has 9 nitrogen and oxygen atoms in total. The van der Waals surface area contributed by atoms with Gasteiger partial charge in [0, 0.05) is 22.8 Å². The molecular formula is C24H22N2O7S. The van der Waals surface area contributed by atoms with Crippen molar-refractivity contribution in [2.75, 3.05) is 26.1 Å². The fourth-order valence-electron chi connectivity index (χ4n) is 3.91. The number of carboxylic acid groups (broad SMARTS) is 1. The highest BCUT2D eigenvalue weighted by Gasteiger charge is 2.35. The topological polar surface area (TPSA) is 137 Å². The largest absolute Gasteiger partial charge is 0.497 e. The van der Waals surface area contributed by atoms with E-state index in [2.05, 4.69) is 5.32 Å². The Balaban J connectivity index is 1.83.